The SMILES string of the molecule is C=CC(=O)N(Cc1ccccc1)SC1CCCCC1. The highest BCUT2D eigenvalue weighted by atomic mass is 32.2. The molecule has 0 N–H and O–H groups in total. The Balaban J connectivity index is 1.99. The van der Waals surface area contributed by atoms with Gasteiger partial charge in [0.15, 0.2) is 0 Å². The largest absolute Gasteiger partial charge is 0.278 e. The molecule has 3 heteroatoms. The molecule has 1 fully saturated rings. The zero-order valence-electron chi connectivity index (χ0n) is 11.3. The number of carbonyl (C=O) groups is 1. The number of amides is 1. The van der Waals surface area contributed by atoms with Gasteiger partial charge in [-0.1, -0.05) is 56.2 Å². The number of hydrogen-bond donors (Lipinski definition) is 0. The normalized spacial score (nSPS) is 16.0. The van der Waals surface area contributed by atoms with Crippen molar-refractivity contribution in [3.8, 4) is 0 Å². The lowest BCUT2D eigenvalue weighted by Crippen LogP contribution is -2.26. The van der Waals surface area contributed by atoms with Gasteiger partial charge in [0.05, 0.1) is 6.54 Å². The second-order valence-corrected chi connectivity index (χ2v) is 6.25. The highest BCUT2D eigenvalue weighted by molar-refractivity contribution is 7.98. The molecule has 1 aromatic rings. The minimum atomic E-state index is 0.0134. The van der Waals surface area contributed by atoms with Crippen LogP contribution in [0.5, 0.6) is 0 Å². The molecule has 1 aliphatic rings. The van der Waals surface area contributed by atoms with E-state index in [9.17, 15) is 4.79 Å². The fourth-order valence-electron chi connectivity index (χ4n) is 2.37. The molecule has 0 radical (unpaired) electrons. The first kappa shape index (κ1) is 14.2. The summed E-state index contributed by atoms with van der Waals surface area (Å²) in [6.45, 7) is 4.27. The van der Waals surface area contributed by atoms with Gasteiger partial charge in [-0.3, -0.25) is 9.10 Å². The lowest BCUT2D eigenvalue weighted by molar-refractivity contribution is -0.121. The van der Waals surface area contributed by atoms with Gasteiger partial charge in [-0.05, 0) is 36.4 Å². The van der Waals surface area contributed by atoms with Gasteiger partial charge in [0.2, 0.25) is 0 Å². The smallest absolute Gasteiger partial charge is 0.256 e. The predicted molar refractivity (Wildman–Crippen MR) is 81.7 cm³/mol. The van der Waals surface area contributed by atoms with E-state index in [1.165, 1.54) is 43.7 Å². The molecule has 0 aliphatic heterocycles. The van der Waals surface area contributed by atoms with Crippen molar-refractivity contribution in [3.63, 3.8) is 0 Å². The molecular weight excluding hydrogens is 254 g/mol. The van der Waals surface area contributed by atoms with E-state index in [4.69, 9.17) is 0 Å². The van der Waals surface area contributed by atoms with Crippen LogP contribution in [0.3, 0.4) is 0 Å². The van der Waals surface area contributed by atoms with Crippen LogP contribution in [-0.2, 0) is 11.3 Å². The number of nitrogens with zero attached hydrogens (tertiary/aromatic N) is 1. The topological polar surface area (TPSA) is 20.3 Å². The molecular formula is C16H21NOS. The van der Waals surface area contributed by atoms with Gasteiger partial charge in [0.1, 0.15) is 0 Å². The first-order chi connectivity index (χ1) is 9.29. The van der Waals surface area contributed by atoms with Gasteiger partial charge in [-0.2, -0.15) is 0 Å². The number of hydrogen-bond acceptors (Lipinski definition) is 2. The minimum absolute atomic E-state index is 0.0134. The summed E-state index contributed by atoms with van der Waals surface area (Å²) >= 11 is 1.71. The van der Waals surface area contributed by atoms with E-state index in [1.807, 2.05) is 22.5 Å². The Kier molecular flexibility index (Phi) is 5.52. The summed E-state index contributed by atoms with van der Waals surface area (Å²) in [7, 11) is 0. The molecule has 19 heavy (non-hydrogen) atoms. The Morgan fingerprint density at radius 1 is 1.26 bits per heavy atom. The van der Waals surface area contributed by atoms with E-state index >= 15 is 0 Å². The average Bonchev–Trinajstić information content (AvgIpc) is 2.48. The van der Waals surface area contributed by atoms with E-state index in [0.717, 1.165) is 0 Å². The lowest BCUT2D eigenvalue weighted by atomic mass is 10.0. The van der Waals surface area contributed by atoms with E-state index in [0.29, 0.717) is 11.8 Å². The molecule has 1 saturated carbocycles. The zero-order chi connectivity index (χ0) is 13.5. The first-order valence-corrected chi connectivity index (χ1v) is 7.78. The maximum atomic E-state index is 12.0. The zero-order valence-corrected chi connectivity index (χ0v) is 12.1. The van der Waals surface area contributed by atoms with Gasteiger partial charge in [0.25, 0.3) is 5.91 Å². The fourth-order valence-corrected chi connectivity index (χ4v) is 3.67. The van der Waals surface area contributed by atoms with Crippen LogP contribution < -0.4 is 0 Å². The van der Waals surface area contributed by atoms with Crippen LogP contribution >= 0.6 is 11.9 Å². The van der Waals surface area contributed by atoms with Crippen molar-refractivity contribution < 1.29 is 4.79 Å². The van der Waals surface area contributed by atoms with E-state index in [2.05, 4.69) is 18.7 Å². The quantitative estimate of drug-likeness (QED) is 0.593. The van der Waals surface area contributed by atoms with Crippen LogP contribution in [-0.4, -0.2) is 15.5 Å². The molecule has 0 bridgehead atoms. The molecule has 1 aliphatic carbocycles. The molecule has 0 aromatic heterocycles. The molecule has 2 rings (SSSR count). The highest BCUT2D eigenvalue weighted by Crippen LogP contribution is 2.31. The van der Waals surface area contributed by atoms with Crippen molar-refractivity contribution in [2.24, 2.45) is 0 Å². The molecule has 0 unspecified atom stereocenters. The molecule has 0 spiro atoms. The van der Waals surface area contributed by atoms with E-state index in [-0.39, 0.29) is 5.91 Å². The van der Waals surface area contributed by atoms with Crippen molar-refractivity contribution in [1.82, 2.24) is 4.31 Å². The number of carbonyl (C=O) groups excluding carboxylic acids is 1. The van der Waals surface area contributed by atoms with E-state index in [1.54, 1.807) is 11.9 Å². The molecule has 102 valence electrons. The standard InChI is InChI=1S/C16H21NOS/c1-2-16(18)17(13-14-9-5-3-6-10-14)19-15-11-7-4-8-12-15/h2-3,5-6,9-10,15H,1,4,7-8,11-13H2. The maximum absolute atomic E-state index is 12.0. The van der Waals surface area contributed by atoms with Crippen LogP contribution in [0, 0.1) is 0 Å². The average molecular weight is 275 g/mol. The highest BCUT2D eigenvalue weighted by Gasteiger charge is 2.20. The van der Waals surface area contributed by atoms with Gasteiger partial charge in [0, 0.05) is 5.25 Å². The summed E-state index contributed by atoms with van der Waals surface area (Å²) in [5.74, 6) is 0.0134. The van der Waals surface area contributed by atoms with Crippen molar-refractivity contribution in [1.29, 1.82) is 0 Å². The Bertz CT molecular complexity index is 412. The van der Waals surface area contributed by atoms with Crippen molar-refractivity contribution >= 4 is 17.9 Å². The summed E-state index contributed by atoms with van der Waals surface area (Å²) in [5, 5.41) is 0.585. The van der Waals surface area contributed by atoms with Gasteiger partial charge < -0.3 is 0 Å². The summed E-state index contributed by atoms with van der Waals surface area (Å²) in [5.41, 5.74) is 1.17. The molecule has 1 aromatic carbocycles. The van der Waals surface area contributed by atoms with Crippen LogP contribution in [0.4, 0.5) is 0 Å². The second kappa shape index (κ2) is 7.39. The first-order valence-electron chi connectivity index (χ1n) is 6.94. The lowest BCUT2D eigenvalue weighted by Gasteiger charge is -2.28. The molecule has 0 heterocycles. The fraction of sp³-hybridized carbons (Fsp3) is 0.438. The molecule has 0 atom stereocenters. The van der Waals surface area contributed by atoms with Crippen LogP contribution in [0.25, 0.3) is 0 Å². The Morgan fingerprint density at radius 2 is 1.95 bits per heavy atom. The molecule has 0 saturated heterocycles. The summed E-state index contributed by atoms with van der Waals surface area (Å²) in [6, 6.07) is 10.1. The molecule has 1 amide bonds. The third-order valence-corrected chi connectivity index (χ3v) is 4.75. The van der Waals surface area contributed by atoms with Crippen molar-refractivity contribution in [2.75, 3.05) is 0 Å². The third kappa shape index (κ3) is 4.43. The van der Waals surface area contributed by atoms with Crippen LogP contribution in [0.2, 0.25) is 0 Å². The van der Waals surface area contributed by atoms with Crippen molar-refractivity contribution in [3.05, 3.63) is 48.6 Å². The minimum Gasteiger partial charge on any atom is -0.278 e. The second-order valence-electron chi connectivity index (χ2n) is 4.93. The Morgan fingerprint density at radius 3 is 2.58 bits per heavy atom. The predicted octanol–water partition coefficient (Wildman–Crippen LogP) is 4.18. The van der Waals surface area contributed by atoms with Gasteiger partial charge in [-0.15, -0.1) is 0 Å². The molecule has 2 nitrogen and oxygen atoms in total. The Hall–Kier alpha value is -1.22. The summed E-state index contributed by atoms with van der Waals surface area (Å²) < 4.78 is 1.86. The maximum Gasteiger partial charge on any atom is 0.256 e. The van der Waals surface area contributed by atoms with E-state index < -0.39 is 0 Å². The van der Waals surface area contributed by atoms with Crippen molar-refractivity contribution in [2.45, 2.75) is 43.9 Å². The summed E-state index contributed by atoms with van der Waals surface area (Å²) in [6.07, 6.45) is 7.78. The number of rotatable bonds is 5. The monoisotopic (exact) mass is 275 g/mol. The van der Waals surface area contributed by atoms with Crippen LogP contribution in [0.1, 0.15) is 37.7 Å². The summed E-state index contributed by atoms with van der Waals surface area (Å²) in [4.78, 5) is 12.0. The third-order valence-electron chi connectivity index (χ3n) is 3.42. The Labute approximate surface area is 120 Å². The van der Waals surface area contributed by atoms with Crippen LogP contribution in [0.15, 0.2) is 43.0 Å². The van der Waals surface area contributed by atoms with Gasteiger partial charge in [-0.25, -0.2) is 0 Å². The van der Waals surface area contributed by atoms with Gasteiger partial charge >= 0.3 is 0 Å². The number of benzene rings is 1.